The summed E-state index contributed by atoms with van der Waals surface area (Å²) in [6.07, 6.45) is 6.05. The topological polar surface area (TPSA) is 44.8 Å². The molecule has 0 bridgehead atoms. The van der Waals surface area contributed by atoms with E-state index in [0.717, 1.165) is 38.5 Å². The number of nitrogens with one attached hydrogen (secondary N) is 1. The molecule has 3 fully saturated rings. The first-order chi connectivity index (χ1) is 11.2. The molecule has 1 saturated carbocycles. The largest absolute Gasteiger partial charge is 0.444 e. The maximum absolute atomic E-state index is 12.2. The minimum Gasteiger partial charge on any atom is -0.444 e. The van der Waals surface area contributed by atoms with Gasteiger partial charge >= 0.3 is 6.09 Å². The van der Waals surface area contributed by atoms with Crippen molar-refractivity contribution in [1.29, 1.82) is 0 Å². The minimum atomic E-state index is -0.407. The van der Waals surface area contributed by atoms with Crippen LogP contribution in [0.2, 0.25) is 0 Å². The quantitative estimate of drug-likeness (QED) is 0.857. The second-order valence-electron chi connectivity index (χ2n) is 9.37. The van der Waals surface area contributed by atoms with E-state index < -0.39 is 5.60 Å². The molecule has 1 amide bonds. The maximum atomic E-state index is 12.2. The molecule has 0 radical (unpaired) electrons. The molecule has 1 atom stereocenters. The normalized spacial score (nSPS) is 28.2. The lowest BCUT2D eigenvalue weighted by atomic mass is 9.80. The fourth-order valence-corrected chi connectivity index (χ4v) is 3.85. The number of likely N-dealkylation sites (tertiary alicyclic amines) is 2. The van der Waals surface area contributed by atoms with Crippen LogP contribution in [0.4, 0.5) is 4.79 Å². The third-order valence-electron chi connectivity index (χ3n) is 5.72. The van der Waals surface area contributed by atoms with Crippen LogP contribution in [0.15, 0.2) is 0 Å². The summed E-state index contributed by atoms with van der Waals surface area (Å²) < 4.78 is 5.49. The van der Waals surface area contributed by atoms with E-state index in [4.69, 9.17) is 4.74 Å². The molecular weight excluding hydrogens is 302 g/mol. The lowest BCUT2D eigenvalue weighted by molar-refractivity contribution is 0.0117. The van der Waals surface area contributed by atoms with Gasteiger partial charge in [0.1, 0.15) is 5.60 Å². The van der Waals surface area contributed by atoms with E-state index in [1.165, 1.54) is 32.4 Å². The Kier molecular flexibility index (Phi) is 5.12. The van der Waals surface area contributed by atoms with E-state index in [9.17, 15) is 4.79 Å². The number of hydrogen-bond acceptors (Lipinski definition) is 4. The number of amides is 1. The lowest BCUT2D eigenvalue weighted by Gasteiger charge is -2.40. The molecule has 3 rings (SSSR count). The van der Waals surface area contributed by atoms with Crippen molar-refractivity contribution >= 4 is 6.09 Å². The van der Waals surface area contributed by atoms with Crippen LogP contribution in [-0.4, -0.2) is 66.3 Å². The molecule has 2 heterocycles. The molecule has 0 aromatic heterocycles. The monoisotopic (exact) mass is 337 g/mol. The average Bonchev–Trinajstić information content (AvgIpc) is 3.23. The summed E-state index contributed by atoms with van der Waals surface area (Å²) in [4.78, 5) is 16.7. The van der Waals surface area contributed by atoms with Crippen LogP contribution in [0, 0.1) is 5.41 Å². The van der Waals surface area contributed by atoms with Gasteiger partial charge in [-0.15, -0.1) is 0 Å². The molecule has 1 N–H and O–H groups in total. The first kappa shape index (κ1) is 18.0. The number of carbonyl (C=O) groups excluding carboxylic acids is 1. The predicted molar refractivity (Wildman–Crippen MR) is 96.2 cm³/mol. The van der Waals surface area contributed by atoms with Crippen molar-refractivity contribution in [2.45, 2.75) is 77.5 Å². The van der Waals surface area contributed by atoms with Gasteiger partial charge in [0.25, 0.3) is 0 Å². The van der Waals surface area contributed by atoms with E-state index in [0.29, 0.717) is 11.5 Å². The molecule has 5 nitrogen and oxygen atoms in total. The fraction of sp³-hybridized carbons (Fsp3) is 0.947. The number of carbonyl (C=O) groups is 1. The molecule has 3 aliphatic rings. The van der Waals surface area contributed by atoms with Gasteiger partial charge in [-0.2, -0.15) is 0 Å². The summed E-state index contributed by atoms with van der Waals surface area (Å²) in [5.74, 6) is 0. The summed E-state index contributed by atoms with van der Waals surface area (Å²) in [5, 5.41) is 3.81. The lowest BCUT2D eigenvalue weighted by Crippen LogP contribution is -2.48. The van der Waals surface area contributed by atoms with Crippen molar-refractivity contribution in [3.8, 4) is 0 Å². The van der Waals surface area contributed by atoms with E-state index in [2.05, 4.69) is 17.1 Å². The molecule has 2 aliphatic heterocycles. The third kappa shape index (κ3) is 4.85. The summed E-state index contributed by atoms with van der Waals surface area (Å²) >= 11 is 0. The number of nitrogens with zero attached hydrogens (tertiary/aromatic N) is 2. The predicted octanol–water partition coefficient (Wildman–Crippen LogP) is 2.85. The Labute approximate surface area is 147 Å². The van der Waals surface area contributed by atoms with Gasteiger partial charge in [-0.3, -0.25) is 4.90 Å². The molecular formula is C19H35N3O2. The van der Waals surface area contributed by atoms with Crippen LogP contribution in [-0.2, 0) is 4.74 Å². The molecule has 5 heteroatoms. The highest BCUT2D eigenvalue weighted by Crippen LogP contribution is 2.32. The summed E-state index contributed by atoms with van der Waals surface area (Å²) in [6, 6.07) is 1.55. The van der Waals surface area contributed by atoms with Crippen LogP contribution in [0.25, 0.3) is 0 Å². The van der Waals surface area contributed by atoms with Gasteiger partial charge < -0.3 is 15.0 Å². The zero-order valence-electron chi connectivity index (χ0n) is 15.9. The van der Waals surface area contributed by atoms with Crippen LogP contribution in [0.1, 0.15) is 59.8 Å². The molecule has 0 aromatic rings. The van der Waals surface area contributed by atoms with Crippen molar-refractivity contribution < 1.29 is 9.53 Å². The van der Waals surface area contributed by atoms with E-state index in [-0.39, 0.29) is 6.09 Å². The van der Waals surface area contributed by atoms with Crippen molar-refractivity contribution in [2.24, 2.45) is 5.41 Å². The summed E-state index contributed by atoms with van der Waals surface area (Å²) in [5.41, 5.74) is -0.110. The highest BCUT2D eigenvalue weighted by atomic mass is 16.6. The van der Waals surface area contributed by atoms with Gasteiger partial charge in [0.15, 0.2) is 0 Å². The van der Waals surface area contributed by atoms with Gasteiger partial charge in [-0.25, -0.2) is 4.79 Å². The van der Waals surface area contributed by atoms with Crippen LogP contribution in [0.3, 0.4) is 0 Å². The Morgan fingerprint density at radius 1 is 1.17 bits per heavy atom. The first-order valence-corrected chi connectivity index (χ1v) is 9.69. The van der Waals surface area contributed by atoms with Gasteiger partial charge in [0.2, 0.25) is 0 Å². The number of hydrogen-bond donors (Lipinski definition) is 1. The zero-order chi connectivity index (χ0) is 17.4. The summed E-state index contributed by atoms with van der Waals surface area (Å²) in [7, 11) is 0. The van der Waals surface area contributed by atoms with Crippen LogP contribution < -0.4 is 5.32 Å². The van der Waals surface area contributed by atoms with Crippen LogP contribution >= 0.6 is 0 Å². The number of rotatable bonds is 4. The van der Waals surface area contributed by atoms with E-state index in [1.807, 2.05) is 25.7 Å². The first-order valence-electron chi connectivity index (χ1n) is 9.69. The second kappa shape index (κ2) is 6.83. The van der Waals surface area contributed by atoms with Crippen LogP contribution in [0.5, 0.6) is 0 Å². The number of ether oxygens (including phenoxy) is 1. The standard InChI is InChI=1S/C19H35N3O2/c1-18(2,3)24-17(23)21-11-8-19(4,9-12-21)14-20-15-7-10-22(13-15)16-5-6-16/h15-16,20H,5-14H2,1-4H3. The highest BCUT2D eigenvalue weighted by molar-refractivity contribution is 5.68. The SMILES string of the molecule is CC1(CNC2CCN(C3CC3)C2)CCN(C(=O)OC(C)(C)C)CC1. The Morgan fingerprint density at radius 2 is 1.83 bits per heavy atom. The average molecular weight is 338 g/mol. The molecule has 0 aromatic carbocycles. The Balaban J connectivity index is 1.39. The Morgan fingerprint density at radius 3 is 2.42 bits per heavy atom. The smallest absolute Gasteiger partial charge is 0.410 e. The van der Waals surface area contributed by atoms with Crippen molar-refractivity contribution in [1.82, 2.24) is 15.1 Å². The summed E-state index contributed by atoms with van der Waals surface area (Å²) in [6.45, 7) is 13.3. The van der Waals surface area contributed by atoms with Crippen molar-refractivity contribution in [2.75, 3.05) is 32.7 Å². The Hall–Kier alpha value is -0.810. The second-order valence-corrected chi connectivity index (χ2v) is 9.37. The van der Waals surface area contributed by atoms with Gasteiger partial charge in [-0.05, 0) is 58.3 Å². The fourth-order valence-electron chi connectivity index (χ4n) is 3.85. The van der Waals surface area contributed by atoms with Crippen molar-refractivity contribution in [3.63, 3.8) is 0 Å². The Bertz CT molecular complexity index is 448. The molecule has 0 spiro atoms. The molecule has 1 aliphatic carbocycles. The van der Waals surface area contributed by atoms with Gasteiger partial charge in [-0.1, -0.05) is 6.92 Å². The highest BCUT2D eigenvalue weighted by Gasteiger charge is 2.37. The van der Waals surface area contributed by atoms with E-state index >= 15 is 0 Å². The van der Waals surface area contributed by atoms with E-state index in [1.54, 1.807) is 0 Å². The molecule has 138 valence electrons. The molecule has 2 saturated heterocycles. The minimum absolute atomic E-state index is 0.159. The third-order valence-corrected chi connectivity index (χ3v) is 5.72. The maximum Gasteiger partial charge on any atom is 0.410 e. The number of piperidine rings is 1. The van der Waals surface area contributed by atoms with Crippen molar-refractivity contribution in [3.05, 3.63) is 0 Å². The molecule has 24 heavy (non-hydrogen) atoms. The van der Waals surface area contributed by atoms with Gasteiger partial charge in [0, 0.05) is 44.8 Å². The van der Waals surface area contributed by atoms with Gasteiger partial charge in [0.05, 0.1) is 0 Å². The zero-order valence-corrected chi connectivity index (χ0v) is 15.9. The molecule has 1 unspecified atom stereocenters.